The Labute approximate surface area is 200 Å². The molecule has 7 nitrogen and oxygen atoms in total. The van der Waals surface area contributed by atoms with Crippen LogP contribution in [0.1, 0.15) is 21.8 Å². The highest BCUT2D eigenvalue weighted by Gasteiger charge is 2.24. The number of amides is 1. The van der Waals surface area contributed by atoms with Crippen molar-refractivity contribution >= 4 is 28.1 Å². The first-order valence-electron chi connectivity index (χ1n) is 11.0. The Morgan fingerprint density at radius 3 is 2.79 bits per heavy atom. The van der Waals surface area contributed by atoms with E-state index in [1.807, 2.05) is 40.8 Å². The Kier molecular flexibility index (Phi) is 6.02. The zero-order valence-corrected chi connectivity index (χ0v) is 19.7. The molecule has 9 heteroatoms. The lowest BCUT2D eigenvalue weighted by molar-refractivity contribution is -0.131. The highest BCUT2D eigenvalue weighted by atomic mass is 32.1. The minimum Gasteiger partial charge on any atom is -0.494 e. The lowest BCUT2D eigenvalue weighted by Crippen LogP contribution is -2.36. The van der Waals surface area contributed by atoms with E-state index in [4.69, 9.17) is 9.72 Å². The number of methoxy groups -OCH3 is 1. The van der Waals surface area contributed by atoms with Gasteiger partial charge in [-0.2, -0.15) is 0 Å². The third kappa shape index (κ3) is 4.65. The minimum atomic E-state index is -0.299. The molecule has 5 rings (SSSR count). The van der Waals surface area contributed by atoms with Crippen molar-refractivity contribution in [3.8, 4) is 11.4 Å². The number of nitrogens with one attached hydrogen (secondary N) is 1. The number of carbonyl (C=O) groups is 1. The van der Waals surface area contributed by atoms with E-state index in [0.717, 1.165) is 44.1 Å². The first-order valence-corrected chi connectivity index (χ1v) is 11.8. The number of benzene rings is 2. The van der Waals surface area contributed by atoms with Gasteiger partial charge in [-0.25, -0.2) is 14.4 Å². The molecule has 0 radical (unpaired) electrons. The van der Waals surface area contributed by atoms with E-state index >= 15 is 0 Å². The van der Waals surface area contributed by atoms with Crippen molar-refractivity contribution < 1.29 is 13.9 Å². The molecule has 0 bridgehead atoms. The number of hydrogen-bond acceptors (Lipinski definition) is 6. The fourth-order valence-electron chi connectivity index (χ4n) is 4.00. The van der Waals surface area contributed by atoms with Crippen molar-refractivity contribution in [2.45, 2.75) is 26.3 Å². The number of aromatic nitrogens is 3. The van der Waals surface area contributed by atoms with Gasteiger partial charge >= 0.3 is 0 Å². The first-order chi connectivity index (χ1) is 16.5. The van der Waals surface area contributed by atoms with Crippen LogP contribution in [0.4, 0.5) is 15.2 Å². The molecule has 0 atom stereocenters. The molecule has 0 aliphatic carbocycles. The molecule has 34 heavy (non-hydrogen) atoms. The lowest BCUT2D eigenvalue weighted by Gasteiger charge is -2.26. The normalized spacial score (nSPS) is 13.0. The maximum atomic E-state index is 13.1. The van der Waals surface area contributed by atoms with Crippen LogP contribution in [0.25, 0.3) is 5.69 Å². The molecular formula is C25H24FN5O2S. The van der Waals surface area contributed by atoms with Gasteiger partial charge in [0.05, 0.1) is 43.5 Å². The Morgan fingerprint density at radius 1 is 1.24 bits per heavy atom. The van der Waals surface area contributed by atoms with Crippen LogP contribution in [-0.2, 0) is 24.2 Å². The lowest BCUT2D eigenvalue weighted by atomic mass is 10.1. The van der Waals surface area contributed by atoms with Crippen LogP contribution in [-0.4, -0.2) is 39.0 Å². The van der Waals surface area contributed by atoms with Gasteiger partial charge in [0, 0.05) is 35.8 Å². The standard InChI is InChI=1S/C25H24FN5O2S/c1-16-13-31(15-27-16)21-8-7-19(12-22(21)33-2)28-25-29-20-9-10-30(14-23(20)34-25)24(32)11-17-3-5-18(26)6-4-17/h3-8,12-13,15H,9-11,14H2,1-2H3,(H,28,29). The number of halogens is 1. The molecule has 0 spiro atoms. The summed E-state index contributed by atoms with van der Waals surface area (Å²) in [4.78, 5) is 24.7. The van der Waals surface area contributed by atoms with Crippen LogP contribution in [0, 0.1) is 12.7 Å². The smallest absolute Gasteiger partial charge is 0.227 e. The van der Waals surface area contributed by atoms with Crippen LogP contribution >= 0.6 is 11.3 Å². The third-order valence-electron chi connectivity index (χ3n) is 5.77. The highest BCUT2D eigenvalue weighted by Crippen LogP contribution is 2.33. The summed E-state index contributed by atoms with van der Waals surface area (Å²) >= 11 is 1.56. The summed E-state index contributed by atoms with van der Waals surface area (Å²) < 4.78 is 20.6. The van der Waals surface area contributed by atoms with Gasteiger partial charge in [-0.1, -0.05) is 23.5 Å². The van der Waals surface area contributed by atoms with E-state index in [-0.39, 0.29) is 18.1 Å². The average molecular weight is 478 g/mol. The molecule has 1 aliphatic heterocycles. The summed E-state index contributed by atoms with van der Waals surface area (Å²) in [5.41, 5.74) is 4.54. The van der Waals surface area contributed by atoms with Crippen molar-refractivity contribution in [1.29, 1.82) is 0 Å². The summed E-state index contributed by atoms with van der Waals surface area (Å²) in [6.45, 7) is 3.11. The van der Waals surface area contributed by atoms with Crippen molar-refractivity contribution in [3.63, 3.8) is 0 Å². The minimum absolute atomic E-state index is 0.0373. The molecule has 0 unspecified atom stereocenters. The van der Waals surface area contributed by atoms with Crippen LogP contribution < -0.4 is 10.1 Å². The Morgan fingerprint density at radius 2 is 2.06 bits per heavy atom. The van der Waals surface area contributed by atoms with E-state index < -0.39 is 0 Å². The van der Waals surface area contributed by atoms with Crippen LogP contribution in [0.3, 0.4) is 0 Å². The zero-order chi connectivity index (χ0) is 23.7. The highest BCUT2D eigenvalue weighted by molar-refractivity contribution is 7.15. The number of thiazole rings is 1. The van der Waals surface area contributed by atoms with Gasteiger partial charge in [0.2, 0.25) is 5.91 Å². The number of anilines is 2. The summed E-state index contributed by atoms with van der Waals surface area (Å²) in [7, 11) is 1.64. The topological polar surface area (TPSA) is 72.3 Å². The third-order valence-corrected chi connectivity index (χ3v) is 6.77. The quantitative estimate of drug-likeness (QED) is 0.438. The summed E-state index contributed by atoms with van der Waals surface area (Å²) in [6, 6.07) is 12.0. The van der Waals surface area contributed by atoms with Gasteiger partial charge in [-0.3, -0.25) is 4.79 Å². The number of imidazole rings is 1. The fourth-order valence-corrected chi connectivity index (χ4v) is 5.04. The summed E-state index contributed by atoms with van der Waals surface area (Å²) in [5.74, 6) is 0.462. The van der Waals surface area contributed by atoms with E-state index in [2.05, 4.69) is 10.3 Å². The Balaban J connectivity index is 1.27. The largest absolute Gasteiger partial charge is 0.494 e. The van der Waals surface area contributed by atoms with Gasteiger partial charge in [0.15, 0.2) is 5.13 Å². The van der Waals surface area contributed by atoms with Crippen LogP contribution in [0.2, 0.25) is 0 Å². The average Bonchev–Trinajstić information content (AvgIpc) is 3.45. The zero-order valence-electron chi connectivity index (χ0n) is 18.9. The van der Waals surface area contributed by atoms with E-state index in [1.54, 1.807) is 36.9 Å². The van der Waals surface area contributed by atoms with E-state index in [1.165, 1.54) is 12.1 Å². The number of rotatable bonds is 6. The molecule has 3 heterocycles. The monoisotopic (exact) mass is 477 g/mol. The van der Waals surface area contributed by atoms with Gasteiger partial charge in [0.25, 0.3) is 0 Å². The second-order valence-corrected chi connectivity index (χ2v) is 9.27. The first kappa shape index (κ1) is 22.1. The van der Waals surface area contributed by atoms with Crippen molar-refractivity contribution in [3.05, 3.63) is 82.6 Å². The van der Waals surface area contributed by atoms with Crippen molar-refractivity contribution in [2.24, 2.45) is 0 Å². The maximum absolute atomic E-state index is 13.1. The summed E-state index contributed by atoms with van der Waals surface area (Å²) in [6.07, 6.45) is 4.69. The molecule has 0 saturated carbocycles. The number of fused-ring (bicyclic) bond motifs is 1. The molecule has 2 aromatic heterocycles. The molecule has 1 amide bonds. The Hall–Kier alpha value is -3.72. The molecule has 0 saturated heterocycles. The second kappa shape index (κ2) is 9.26. The van der Waals surface area contributed by atoms with E-state index in [0.29, 0.717) is 19.5 Å². The summed E-state index contributed by atoms with van der Waals surface area (Å²) in [5, 5.41) is 4.16. The van der Waals surface area contributed by atoms with Gasteiger partial charge in [-0.05, 0) is 36.8 Å². The second-order valence-electron chi connectivity index (χ2n) is 8.19. The fraction of sp³-hybridized carbons (Fsp3) is 0.240. The van der Waals surface area contributed by atoms with Crippen molar-refractivity contribution in [1.82, 2.24) is 19.4 Å². The van der Waals surface area contributed by atoms with Crippen molar-refractivity contribution in [2.75, 3.05) is 19.0 Å². The van der Waals surface area contributed by atoms with Gasteiger partial charge in [-0.15, -0.1) is 0 Å². The number of aryl methyl sites for hydroxylation is 1. The molecule has 1 aliphatic rings. The molecule has 174 valence electrons. The number of ether oxygens (including phenoxy) is 1. The maximum Gasteiger partial charge on any atom is 0.227 e. The number of nitrogens with zero attached hydrogens (tertiary/aromatic N) is 4. The molecule has 1 N–H and O–H groups in total. The molecule has 4 aromatic rings. The predicted molar refractivity (Wildman–Crippen MR) is 129 cm³/mol. The van der Waals surface area contributed by atoms with E-state index in [9.17, 15) is 9.18 Å². The Bertz CT molecular complexity index is 1330. The van der Waals surface area contributed by atoms with Gasteiger partial charge < -0.3 is 19.5 Å². The number of hydrogen-bond donors (Lipinski definition) is 1. The predicted octanol–water partition coefficient (Wildman–Crippen LogP) is 4.66. The molecule has 2 aromatic carbocycles. The number of carbonyl (C=O) groups excluding carboxylic acids is 1. The van der Waals surface area contributed by atoms with Crippen LogP contribution in [0.5, 0.6) is 5.75 Å². The van der Waals surface area contributed by atoms with Gasteiger partial charge in [0.1, 0.15) is 11.6 Å². The van der Waals surface area contributed by atoms with Crippen LogP contribution in [0.15, 0.2) is 55.0 Å². The molecular weight excluding hydrogens is 453 g/mol. The molecule has 0 fully saturated rings. The SMILES string of the molecule is COc1cc(Nc2nc3c(s2)CN(C(=O)Cc2ccc(F)cc2)CC3)ccc1-n1cnc(C)c1.